The van der Waals surface area contributed by atoms with E-state index < -0.39 is 24.2 Å². The van der Waals surface area contributed by atoms with Crippen LogP contribution in [0.4, 0.5) is 13.2 Å². The standard InChI is InChI=1S/C13H15ClF3N2OP/c1-3-7-18-21(20,19-8-4-2)10-5-6-12(14)11(9-10)13(15,16)17/h3-6,9H,1-2,7-8H2,(H2,18,19,20). The molecule has 1 rings (SSSR count). The molecule has 0 bridgehead atoms. The van der Waals surface area contributed by atoms with Crippen LogP contribution in [0, 0.1) is 0 Å². The van der Waals surface area contributed by atoms with Gasteiger partial charge in [-0.2, -0.15) is 13.2 Å². The highest BCUT2D eigenvalue weighted by atomic mass is 35.5. The highest BCUT2D eigenvalue weighted by Gasteiger charge is 2.35. The van der Waals surface area contributed by atoms with Gasteiger partial charge in [0, 0.05) is 18.4 Å². The van der Waals surface area contributed by atoms with Gasteiger partial charge in [-0.15, -0.1) is 13.2 Å². The minimum Gasteiger partial charge on any atom is -0.284 e. The molecule has 0 spiro atoms. The third-order valence-electron chi connectivity index (χ3n) is 2.54. The fourth-order valence-electron chi connectivity index (χ4n) is 1.55. The van der Waals surface area contributed by atoms with E-state index in [1.807, 2.05) is 0 Å². The van der Waals surface area contributed by atoms with E-state index in [0.717, 1.165) is 12.1 Å². The van der Waals surface area contributed by atoms with Crippen LogP contribution in [0.3, 0.4) is 0 Å². The van der Waals surface area contributed by atoms with Crippen molar-refractivity contribution in [3.8, 4) is 0 Å². The summed E-state index contributed by atoms with van der Waals surface area (Å²) in [5, 5.41) is 4.88. The molecule has 0 radical (unpaired) electrons. The molecule has 0 aliphatic rings. The van der Waals surface area contributed by atoms with Crippen molar-refractivity contribution in [2.75, 3.05) is 13.1 Å². The molecular weight excluding hydrogens is 324 g/mol. The summed E-state index contributed by atoms with van der Waals surface area (Å²) in [6, 6.07) is 3.16. The van der Waals surface area contributed by atoms with Gasteiger partial charge < -0.3 is 0 Å². The molecule has 1 aromatic carbocycles. The summed E-state index contributed by atoms with van der Waals surface area (Å²) in [7, 11) is -3.42. The van der Waals surface area contributed by atoms with Crippen molar-refractivity contribution in [2.45, 2.75) is 6.18 Å². The van der Waals surface area contributed by atoms with Crippen molar-refractivity contribution in [3.05, 3.63) is 54.1 Å². The van der Waals surface area contributed by atoms with Crippen LogP contribution < -0.4 is 15.5 Å². The zero-order valence-electron chi connectivity index (χ0n) is 11.1. The first-order chi connectivity index (χ1) is 9.74. The molecule has 0 aromatic heterocycles. The number of hydrogen-bond donors (Lipinski definition) is 2. The lowest BCUT2D eigenvalue weighted by Gasteiger charge is -2.21. The Morgan fingerprint density at radius 3 is 2.14 bits per heavy atom. The smallest absolute Gasteiger partial charge is 0.284 e. The van der Waals surface area contributed by atoms with Crippen LogP contribution in [0.1, 0.15) is 5.56 Å². The van der Waals surface area contributed by atoms with E-state index in [0.29, 0.717) is 0 Å². The number of rotatable bonds is 7. The number of benzene rings is 1. The Hall–Kier alpha value is -1.07. The lowest BCUT2D eigenvalue weighted by Crippen LogP contribution is -2.31. The maximum Gasteiger partial charge on any atom is 0.417 e. The maximum absolute atomic E-state index is 12.9. The molecule has 0 fully saturated rings. The second kappa shape index (κ2) is 7.27. The molecule has 21 heavy (non-hydrogen) atoms. The summed E-state index contributed by atoms with van der Waals surface area (Å²) in [4.78, 5) is 0. The molecule has 0 saturated heterocycles. The molecule has 0 atom stereocenters. The Morgan fingerprint density at radius 1 is 1.19 bits per heavy atom. The van der Waals surface area contributed by atoms with Gasteiger partial charge in [-0.3, -0.25) is 4.57 Å². The van der Waals surface area contributed by atoms with Gasteiger partial charge in [-0.05, 0) is 18.2 Å². The molecular formula is C13H15ClF3N2OP. The Balaban J connectivity index is 3.28. The van der Waals surface area contributed by atoms with Gasteiger partial charge in [0.25, 0.3) is 0 Å². The van der Waals surface area contributed by atoms with Crippen molar-refractivity contribution < 1.29 is 17.7 Å². The van der Waals surface area contributed by atoms with Crippen LogP contribution in [0.15, 0.2) is 43.5 Å². The normalized spacial score (nSPS) is 12.2. The van der Waals surface area contributed by atoms with E-state index in [9.17, 15) is 17.7 Å². The topological polar surface area (TPSA) is 41.1 Å². The summed E-state index contributed by atoms with van der Waals surface area (Å²) in [6.45, 7) is 7.30. The van der Waals surface area contributed by atoms with Crippen molar-refractivity contribution in [1.82, 2.24) is 10.2 Å². The lowest BCUT2D eigenvalue weighted by molar-refractivity contribution is -0.137. The summed E-state index contributed by atoms with van der Waals surface area (Å²) >= 11 is 5.56. The van der Waals surface area contributed by atoms with Gasteiger partial charge in [-0.1, -0.05) is 23.8 Å². The number of halogens is 4. The van der Waals surface area contributed by atoms with Crippen LogP contribution in [0.25, 0.3) is 0 Å². The van der Waals surface area contributed by atoms with E-state index in [1.54, 1.807) is 0 Å². The average molecular weight is 339 g/mol. The molecule has 0 saturated carbocycles. The SMILES string of the molecule is C=CCNP(=O)(NCC=C)c1ccc(Cl)c(C(F)(F)F)c1. The number of nitrogens with one attached hydrogen (secondary N) is 2. The molecule has 0 aliphatic carbocycles. The third-order valence-corrected chi connectivity index (χ3v) is 5.13. The molecule has 8 heteroatoms. The summed E-state index contributed by atoms with van der Waals surface area (Å²) < 4.78 is 51.4. The molecule has 3 nitrogen and oxygen atoms in total. The van der Waals surface area contributed by atoms with E-state index in [-0.39, 0.29) is 18.4 Å². The van der Waals surface area contributed by atoms with Crippen molar-refractivity contribution in [3.63, 3.8) is 0 Å². The lowest BCUT2D eigenvalue weighted by atomic mass is 10.2. The molecule has 1 aromatic rings. The first-order valence-corrected chi connectivity index (χ1v) is 8.02. The zero-order valence-corrected chi connectivity index (χ0v) is 12.7. The van der Waals surface area contributed by atoms with Crippen LogP contribution in [0.2, 0.25) is 5.02 Å². The molecule has 0 heterocycles. The third kappa shape index (κ3) is 4.71. The van der Waals surface area contributed by atoms with Gasteiger partial charge in [0.05, 0.1) is 10.6 Å². The van der Waals surface area contributed by atoms with Gasteiger partial charge in [-0.25, -0.2) is 10.2 Å². The Morgan fingerprint density at radius 2 is 1.71 bits per heavy atom. The maximum atomic E-state index is 12.9. The minimum absolute atomic E-state index is 0.0112. The predicted octanol–water partition coefficient (Wildman–Crippen LogP) is 3.73. The highest BCUT2D eigenvalue weighted by Crippen LogP contribution is 2.39. The Bertz CT molecular complexity index is 559. The Kier molecular flexibility index (Phi) is 6.23. The molecule has 0 aliphatic heterocycles. The summed E-state index contributed by atoms with van der Waals surface area (Å²) in [6.07, 6.45) is -1.69. The van der Waals surface area contributed by atoms with E-state index >= 15 is 0 Å². The van der Waals surface area contributed by atoms with E-state index in [4.69, 9.17) is 11.6 Å². The molecule has 116 valence electrons. The molecule has 2 N–H and O–H groups in total. The van der Waals surface area contributed by atoms with Crippen molar-refractivity contribution >= 4 is 24.3 Å². The quantitative estimate of drug-likeness (QED) is 0.588. The monoisotopic (exact) mass is 338 g/mol. The fourth-order valence-corrected chi connectivity index (χ4v) is 3.62. The summed E-state index contributed by atoms with van der Waals surface area (Å²) in [5.41, 5.74) is -1.03. The van der Waals surface area contributed by atoms with Crippen LogP contribution in [0.5, 0.6) is 0 Å². The molecule has 0 amide bonds. The minimum atomic E-state index is -4.62. The average Bonchev–Trinajstić information content (AvgIpc) is 2.42. The van der Waals surface area contributed by atoms with E-state index in [2.05, 4.69) is 23.3 Å². The first-order valence-electron chi connectivity index (χ1n) is 5.94. The van der Waals surface area contributed by atoms with Gasteiger partial charge in [0.2, 0.25) is 7.44 Å². The first kappa shape index (κ1) is 18.0. The van der Waals surface area contributed by atoms with Gasteiger partial charge in [0.15, 0.2) is 0 Å². The second-order valence-corrected chi connectivity index (χ2v) is 6.85. The number of alkyl halides is 3. The van der Waals surface area contributed by atoms with Crippen LogP contribution >= 0.6 is 19.0 Å². The zero-order chi connectivity index (χ0) is 16.1. The molecule has 0 unspecified atom stereocenters. The van der Waals surface area contributed by atoms with Crippen molar-refractivity contribution in [2.24, 2.45) is 0 Å². The fraction of sp³-hybridized carbons (Fsp3) is 0.231. The van der Waals surface area contributed by atoms with Crippen LogP contribution in [-0.4, -0.2) is 13.1 Å². The Labute approximate surface area is 126 Å². The largest absolute Gasteiger partial charge is 0.417 e. The second-order valence-electron chi connectivity index (χ2n) is 4.07. The van der Waals surface area contributed by atoms with Gasteiger partial charge in [0.1, 0.15) is 0 Å². The highest BCUT2D eigenvalue weighted by molar-refractivity contribution is 7.67. The van der Waals surface area contributed by atoms with Gasteiger partial charge >= 0.3 is 6.18 Å². The van der Waals surface area contributed by atoms with E-state index in [1.165, 1.54) is 18.2 Å². The summed E-state index contributed by atoms with van der Waals surface area (Å²) in [5.74, 6) is 0. The van der Waals surface area contributed by atoms with Crippen LogP contribution in [-0.2, 0) is 10.7 Å². The van der Waals surface area contributed by atoms with Crippen molar-refractivity contribution in [1.29, 1.82) is 0 Å². The predicted molar refractivity (Wildman–Crippen MR) is 80.1 cm³/mol. The number of hydrogen-bond acceptors (Lipinski definition) is 1.